The second kappa shape index (κ2) is 3.91. The average molecular weight is 147 g/mol. The number of hydrogen-bond donors (Lipinski definition) is 3. The lowest BCUT2D eigenvalue weighted by Crippen LogP contribution is -2.42. The van der Waals surface area contributed by atoms with Crippen LogP contribution in [0.3, 0.4) is 0 Å². The molecule has 0 aromatic rings. The van der Waals surface area contributed by atoms with Crippen LogP contribution in [0.15, 0.2) is 0 Å². The standard InChI is InChI=1S/C7H17NO2/c1-6(2)4-5-8-7(3,9)10/h6,8-10H,4-5H2,1-3H3. The van der Waals surface area contributed by atoms with Crippen molar-refractivity contribution < 1.29 is 10.2 Å². The fraction of sp³-hybridized carbons (Fsp3) is 1.00. The lowest BCUT2D eigenvalue weighted by molar-refractivity contribution is -0.169. The maximum absolute atomic E-state index is 8.77. The van der Waals surface area contributed by atoms with Gasteiger partial charge in [-0.05, 0) is 12.3 Å². The van der Waals surface area contributed by atoms with Crippen LogP contribution in [-0.4, -0.2) is 22.7 Å². The van der Waals surface area contributed by atoms with Crippen LogP contribution in [0.5, 0.6) is 0 Å². The second-order valence-corrected chi connectivity index (χ2v) is 3.13. The highest BCUT2D eigenvalue weighted by Crippen LogP contribution is 1.98. The van der Waals surface area contributed by atoms with E-state index in [2.05, 4.69) is 19.2 Å². The Morgan fingerprint density at radius 2 is 1.90 bits per heavy atom. The molecule has 0 aliphatic rings. The predicted octanol–water partition coefficient (Wildman–Crippen LogP) is 0.280. The van der Waals surface area contributed by atoms with Crippen LogP contribution in [0, 0.1) is 5.92 Å². The van der Waals surface area contributed by atoms with Gasteiger partial charge in [-0.25, -0.2) is 0 Å². The topological polar surface area (TPSA) is 52.5 Å². The van der Waals surface area contributed by atoms with Gasteiger partial charge in [-0.3, -0.25) is 5.32 Å². The van der Waals surface area contributed by atoms with Gasteiger partial charge >= 0.3 is 0 Å². The first-order valence-electron chi connectivity index (χ1n) is 3.61. The lowest BCUT2D eigenvalue weighted by Gasteiger charge is -2.17. The average Bonchev–Trinajstić information content (AvgIpc) is 1.59. The van der Waals surface area contributed by atoms with E-state index in [1.807, 2.05) is 0 Å². The van der Waals surface area contributed by atoms with Crippen LogP contribution in [0.2, 0.25) is 0 Å². The molecule has 10 heavy (non-hydrogen) atoms. The molecule has 0 aliphatic carbocycles. The fourth-order valence-corrected chi connectivity index (χ4v) is 0.598. The molecular weight excluding hydrogens is 130 g/mol. The molecule has 0 unspecified atom stereocenters. The zero-order valence-corrected chi connectivity index (χ0v) is 6.89. The molecule has 0 saturated carbocycles. The third-order valence-corrected chi connectivity index (χ3v) is 1.18. The minimum atomic E-state index is -1.71. The first-order chi connectivity index (χ1) is 4.42. The summed E-state index contributed by atoms with van der Waals surface area (Å²) in [6, 6.07) is 0. The molecule has 0 amide bonds. The molecule has 0 rings (SSSR count). The van der Waals surface area contributed by atoms with E-state index in [0.717, 1.165) is 6.42 Å². The van der Waals surface area contributed by atoms with E-state index >= 15 is 0 Å². The van der Waals surface area contributed by atoms with Crippen molar-refractivity contribution in [3.05, 3.63) is 0 Å². The zero-order valence-electron chi connectivity index (χ0n) is 6.89. The molecule has 0 saturated heterocycles. The van der Waals surface area contributed by atoms with Crippen LogP contribution in [0.1, 0.15) is 27.2 Å². The van der Waals surface area contributed by atoms with Crippen LogP contribution < -0.4 is 5.32 Å². The molecule has 0 atom stereocenters. The van der Waals surface area contributed by atoms with Crippen molar-refractivity contribution in [2.24, 2.45) is 5.92 Å². The number of hydrogen-bond acceptors (Lipinski definition) is 3. The zero-order chi connectivity index (χ0) is 8.20. The van der Waals surface area contributed by atoms with Crippen LogP contribution in [-0.2, 0) is 0 Å². The summed E-state index contributed by atoms with van der Waals surface area (Å²) < 4.78 is 0. The summed E-state index contributed by atoms with van der Waals surface area (Å²) in [6.07, 6.45) is 0.955. The lowest BCUT2D eigenvalue weighted by atomic mass is 10.1. The summed E-state index contributed by atoms with van der Waals surface area (Å²) in [5.41, 5.74) is 0. The molecule has 0 fully saturated rings. The SMILES string of the molecule is CC(C)CCNC(C)(O)O. The van der Waals surface area contributed by atoms with Crippen molar-refractivity contribution in [2.75, 3.05) is 6.54 Å². The van der Waals surface area contributed by atoms with E-state index in [-0.39, 0.29) is 0 Å². The number of rotatable bonds is 4. The Balaban J connectivity index is 3.21. The van der Waals surface area contributed by atoms with E-state index < -0.39 is 5.91 Å². The summed E-state index contributed by atoms with van der Waals surface area (Å²) in [7, 11) is 0. The molecular formula is C7H17NO2. The minimum absolute atomic E-state index is 0.592. The first kappa shape index (κ1) is 9.88. The van der Waals surface area contributed by atoms with E-state index in [4.69, 9.17) is 10.2 Å². The Morgan fingerprint density at radius 3 is 2.20 bits per heavy atom. The highest BCUT2D eigenvalue weighted by atomic mass is 16.5. The smallest absolute Gasteiger partial charge is 0.219 e. The summed E-state index contributed by atoms with van der Waals surface area (Å²) in [6.45, 7) is 6.13. The highest BCUT2D eigenvalue weighted by Gasteiger charge is 2.12. The monoisotopic (exact) mass is 147 g/mol. The quantitative estimate of drug-likeness (QED) is 0.501. The number of aliphatic hydroxyl groups is 2. The molecule has 62 valence electrons. The molecule has 0 radical (unpaired) electrons. The van der Waals surface area contributed by atoms with E-state index in [1.54, 1.807) is 0 Å². The fourth-order valence-electron chi connectivity index (χ4n) is 0.598. The summed E-state index contributed by atoms with van der Waals surface area (Å²) in [4.78, 5) is 0. The largest absolute Gasteiger partial charge is 0.354 e. The van der Waals surface area contributed by atoms with Gasteiger partial charge in [0, 0.05) is 13.5 Å². The summed E-state index contributed by atoms with van der Waals surface area (Å²) in [5.74, 6) is -1.12. The van der Waals surface area contributed by atoms with E-state index in [9.17, 15) is 0 Å². The molecule has 0 heterocycles. The third-order valence-electron chi connectivity index (χ3n) is 1.18. The van der Waals surface area contributed by atoms with Gasteiger partial charge < -0.3 is 10.2 Å². The highest BCUT2D eigenvalue weighted by molar-refractivity contribution is 4.55. The molecule has 3 N–H and O–H groups in total. The van der Waals surface area contributed by atoms with E-state index in [0.29, 0.717) is 12.5 Å². The Morgan fingerprint density at radius 1 is 1.40 bits per heavy atom. The van der Waals surface area contributed by atoms with Crippen molar-refractivity contribution >= 4 is 0 Å². The third kappa shape index (κ3) is 7.88. The molecule has 0 aromatic carbocycles. The maximum Gasteiger partial charge on any atom is 0.219 e. The van der Waals surface area contributed by atoms with Crippen LogP contribution in [0.4, 0.5) is 0 Å². The van der Waals surface area contributed by atoms with Gasteiger partial charge in [0.25, 0.3) is 0 Å². The Hall–Kier alpha value is -0.120. The molecule has 0 aliphatic heterocycles. The predicted molar refractivity (Wildman–Crippen MR) is 40.3 cm³/mol. The van der Waals surface area contributed by atoms with Gasteiger partial charge in [0.05, 0.1) is 0 Å². The van der Waals surface area contributed by atoms with Crippen molar-refractivity contribution in [1.29, 1.82) is 0 Å². The molecule has 0 aromatic heterocycles. The van der Waals surface area contributed by atoms with Gasteiger partial charge in [0.1, 0.15) is 0 Å². The molecule has 3 heteroatoms. The van der Waals surface area contributed by atoms with Gasteiger partial charge in [-0.1, -0.05) is 13.8 Å². The first-order valence-corrected chi connectivity index (χ1v) is 3.61. The van der Waals surface area contributed by atoms with Gasteiger partial charge in [0.15, 0.2) is 0 Å². The Kier molecular flexibility index (Phi) is 3.86. The molecule has 0 bridgehead atoms. The van der Waals surface area contributed by atoms with E-state index in [1.165, 1.54) is 6.92 Å². The summed E-state index contributed by atoms with van der Waals surface area (Å²) >= 11 is 0. The normalized spacial score (nSPS) is 12.6. The van der Waals surface area contributed by atoms with Crippen LogP contribution >= 0.6 is 0 Å². The second-order valence-electron chi connectivity index (χ2n) is 3.13. The maximum atomic E-state index is 8.77. The van der Waals surface area contributed by atoms with Crippen molar-refractivity contribution in [3.63, 3.8) is 0 Å². The number of nitrogens with one attached hydrogen (secondary N) is 1. The Labute approximate surface area is 62.1 Å². The van der Waals surface area contributed by atoms with Crippen molar-refractivity contribution in [3.8, 4) is 0 Å². The van der Waals surface area contributed by atoms with Gasteiger partial charge in [-0.15, -0.1) is 0 Å². The van der Waals surface area contributed by atoms with Crippen molar-refractivity contribution in [2.45, 2.75) is 33.1 Å². The summed E-state index contributed by atoms with van der Waals surface area (Å²) in [5, 5.41) is 20.1. The van der Waals surface area contributed by atoms with Crippen molar-refractivity contribution in [1.82, 2.24) is 5.32 Å². The van der Waals surface area contributed by atoms with Gasteiger partial charge in [0.2, 0.25) is 5.91 Å². The molecule has 0 spiro atoms. The molecule has 3 nitrogen and oxygen atoms in total. The van der Waals surface area contributed by atoms with Gasteiger partial charge in [-0.2, -0.15) is 0 Å². The van der Waals surface area contributed by atoms with Crippen LogP contribution in [0.25, 0.3) is 0 Å². The minimum Gasteiger partial charge on any atom is -0.354 e. The Bertz CT molecular complexity index is 86.1.